The van der Waals surface area contributed by atoms with Crippen LogP contribution in [-0.4, -0.2) is 28.9 Å². The van der Waals surface area contributed by atoms with Gasteiger partial charge >= 0.3 is 0 Å². The number of nitrogens with zero attached hydrogens (tertiary/aromatic N) is 2. The second kappa shape index (κ2) is 10.4. The molecule has 32 heavy (non-hydrogen) atoms. The number of para-hydroxylation sites is 1. The topological polar surface area (TPSA) is 45.2 Å². The molecule has 2 aromatic carbocycles. The Morgan fingerprint density at radius 3 is 2.59 bits per heavy atom. The molecule has 6 heteroatoms. The predicted octanol–water partition coefficient (Wildman–Crippen LogP) is 6.20. The van der Waals surface area contributed by atoms with Gasteiger partial charge in [-0.2, -0.15) is 0 Å². The number of hydrogen-bond donors (Lipinski definition) is 1. The van der Waals surface area contributed by atoms with E-state index in [9.17, 15) is 9.18 Å². The van der Waals surface area contributed by atoms with E-state index in [1.807, 2.05) is 25.1 Å². The van der Waals surface area contributed by atoms with Gasteiger partial charge in [-0.05, 0) is 62.7 Å². The number of thiazole rings is 1. The van der Waals surface area contributed by atoms with Crippen LogP contribution >= 0.6 is 11.3 Å². The number of rotatable bonds is 7. The first kappa shape index (κ1) is 22.6. The maximum absolute atomic E-state index is 13.3. The number of carbonyl (C=O) groups is 1. The number of carbonyl (C=O) groups excluding carboxylic acids is 1. The smallest absolute Gasteiger partial charge is 0.229 e. The average molecular weight is 452 g/mol. The minimum absolute atomic E-state index is 0.0650. The highest BCUT2D eigenvalue weighted by atomic mass is 32.1. The van der Waals surface area contributed by atoms with Crippen molar-refractivity contribution in [2.75, 3.05) is 12.4 Å². The van der Waals surface area contributed by atoms with Crippen molar-refractivity contribution in [2.24, 2.45) is 0 Å². The van der Waals surface area contributed by atoms with Crippen molar-refractivity contribution in [1.29, 1.82) is 0 Å². The van der Waals surface area contributed by atoms with Crippen LogP contribution in [0.3, 0.4) is 0 Å². The summed E-state index contributed by atoms with van der Waals surface area (Å²) in [4.78, 5) is 20.9. The van der Waals surface area contributed by atoms with E-state index in [0.717, 1.165) is 38.9 Å². The molecule has 4 rings (SSSR count). The van der Waals surface area contributed by atoms with E-state index in [1.165, 1.54) is 55.6 Å². The van der Waals surface area contributed by atoms with Crippen molar-refractivity contribution in [3.05, 3.63) is 69.8 Å². The summed E-state index contributed by atoms with van der Waals surface area (Å²) >= 11 is 1.51. The van der Waals surface area contributed by atoms with E-state index in [2.05, 4.69) is 28.3 Å². The van der Waals surface area contributed by atoms with Crippen molar-refractivity contribution >= 4 is 22.9 Å². The zero-order chi connectivity index (χ0) is 22.5. The van der Waals surface area contributed by atoms with Crippen LogP contribution in [0.2, 0.25) is 0 Å². The van der Waals surface area contributed by atoms with E-state index in [4.69, 9.17) is 0 Å². The van der Waals surface area contributed by atoms with Gasteiger partial charge in [-0.15, -0.1) is 11.3 Å². The Balaban J connectivity index is 1.46. The molecule has 0 radical (unpaired) electrons. The summed E-state index contributed by atoms with van der Waals surface area (Å²) in [5, 5.41) is 4.01. The molecule has 4 nitrogen and oxygen atoms in total. The summed E-state index contributed by atoms with van der Waals surface area (Å²) in [6.07, 6.45) is 6.69. The summed E-state index contributed by atoms with van der Waals surface area (Å²) in [7, 11) is 2.18. The van der Waals surface area contributed by atoms with Gasteiger partial charge in [0.2, 0.25) is 5.91 Å². The van der Waals surface area contributed by atoms with Crippen molar-refractivity contribution in [2.45, 2.75) is 58.0 Å². The van der Waals surface area contributed by atoms with Gasteiger partial charge in [0.1, 0.15) is 5.82 Å². The van der Waals surface area contributed by atoms with Crippen LogP contribution in [-0.2, 0) is 17.8 Å². The normalized spacial score (nSPS) is 14.6. The summed E-state index contributed by atoms with van der Waals surface area (Å²) in [6.45, 7) is 2.75. The molecule has 1 amide bonds. The largest absolute Gasteiger partial charge is 0.325 e. The third-order valence-electron chi connectivity index (χ3n) is 6.15. The van der Waals surface area contributed by atoms with Crippen molar-refractivity contribution in [3.63, 3.8) is 0 Å². The molecular weight excluding hydrogens is 421 g/mol. The fraction of sp³-hybridized carbons (Fsp3) is 0.385. The minimum atomic E-state index is -0.283. The molecule has 0 aliphatic heterocycles. The summed E-state index contributed by atoms with van der Waals surface area (Å²) in [6, 6.07) is 14.9. The van der Waals surface area contributed by atoms with Crippen LogP contribution in [0.15, 0.2) is 48.5 Å². The van der Waals surface area contributed by atoms with Crippen molar-refractivity contribution in [3.8, 4) is 11.3 Å². The number of aryl methyl sites for hydroxylation is 1. The number of anilines is 1. The van der Waals surface area contributed by atoms with E-state index >= 15 is 0 Å². The SMILES string of the molecule is Cc1nc(-c2ccc(F)cc2)c(CC(=O)Nc2ccccc2CN(C)C2CCCCC2)s1. The molecule has 0 unspecified atom stereocenters. The Kier molecular flexibility index (Phi) is 7.33. The van der Waals surface area contributed by atoms with Crippen molar-refractivity contribution in [1.82, 2.24) is 9.88 Å². The molecule has 168 valence electrons. The Labute approximate surface area is 193 Å². The Morgan fingerprint density at radius 2 is 1.84 bits per heavy atom. The van der Waals surface area contributed by atoms with Gasteiger partial charge in [0, 0.05) is 28.7 Å². The molecule has 0 spiro atoms. The molecule has 1 aliphatic carbocycles. The number of aromatic nitrogens is 1. The van der Waals surface area contributed by atoms with Crippen LogP contribution in [0, 0.1) is 12.7 Å². The minimum Gasteiger partial charge on any atom is -0.325 e. The number of benzene rings is 2. The molecule has 0 bridgehead atoms. The third-order valence-corrected chi connectivity index (χ3v) is 7.12. The second-order valence-corrected chi connectivity index (χ2v) is 9.89. The molecular formula is C26H30FN3OS. The highest BCUT2D eigenvalue weighted by Gasteiger charge is 2.20. The summed E-state index contributed by atoms with van der Waals surface area (Å²) < 4.78 is 13.3. The second-order valence-electron chi connectivity index (χ2n) is 8.60. The third kappa shape index (κ3) is 5.61. The molecule has 1 N–H and O–H groups in total. The maximum atomic E-state index is 13.3. The van der Waals surface area contributed by atoms with Gasteiger partial charge in [-0.25, -0.2) is 9.37 Å². The molecule has 0 saturated heterocycles. The van der Waals surface area contributed by atoms with Gasteiger partial charge in [-0.1, -0.05) is 37.5 Å². The first-order valence-corrected chi connectivity index (χ1v) is 12.1. The predicted molar refractivity (Wildman–Crippen MR) is 129 cm³/mol. The number of halogens is 1. The highest BCUT2D eigenvalue weighted by molar-refractivity contribution is 7.12. The molecule has 1 saturated carbocycles. The van der Waals surface area contributed by atoms with Crippen LogP contribution in [0.5, 0.6) is 0 Å². The van der Waals surface area contributed by atoms with Crippen LogP contribution < -0.4 is 5.32 Å². The molecule has 3 aromatic rings. The van der Waals surface area contributed by atoms with E-state index in [-0.39, 0.29) is 18.1 Å². The first-order chi connectivity index (χ1) is 15.5. The Hall–Kier alpha value is -2.57. The lowest BCUT2D eigenvalue weighted by Crippen LogP contribution is -2.33. The zero-order valence-electron chi connectivity index (χ0n) is 18.7. The summed E-state index contributed by atoms with van der Waals surface area (Å²) in [5.41, 5.74) is 3.58. The van der Waals surface area contributed by atoms with Crippen LogP contribution in [0.4, 0.5) is 10.1 Å². The van der Waals surface area contributed by atoms with Gasteiger partial charge in [0.05, 0.1) is 17.1 Å². The average Bonchev–Trinajstić information content (AvgIpc) is 3.16. The lowest BCUT2D eigenvalue weighted by Gasteiger charge is -2.31. The van der Waals surface area contributed by atoms with Gasteiger partial charge < -0.3 is 5.32 Å². The molecule has 0 atom stereocenters. The standard InChI is InChI=1S/C26H30FN3OS/c1-18-28-26(19-12-14-21(27)15-13-19)24(32-18)16-25(31)29-23-11-7-6-8-20(23)17-30(2)22-9-4-3-5-10-22/h6-8,11-15,22H,3-5,9-10,16-17H2,1-2H3,(H,29,31). The number of amides is 1. The van der Waals surface area contributed by atoms with Crippen molar-refractivity contribution < 1.29 is 9.18 Å². The number of hydrogen-bond acceptors (Lipinski definition) is 4. The Bertz CT molecular complexity index is 1060. The number of nitrogens with one attached hydrogen (secondary N) is 1. The van der Waals surface area contributed by atoms with E-state index in [0.29, 0.717) is 6.04 Å². The van der Waals surface area contributed by atoms with Crippen LogP contribution in [0.1, 0.15) is 47.6 Å². The van der Waals surface area contributed by atoms with E-state index < -0.39 is 0 Å². The quantitative estimate of drug-likeness (QED) is 0.465. The molecule has 1 aromatic heterocycles. The lowest BCUT2D eigenvalue weighted by atomic mass is 9.94. The van der Waals surface area contributed by atoms with E-state index in [1.54, 1.807) is 12.1 Å². The molecule has 1 heterocycles. The summed E-state index contributed by atoms with van der Waals surface area (Å²) in [5.74, 6) is -0.348. The first-order valence-electron chi connectivity index (χ1n) is 11.3. The Morgan fingerprint density at radius 1 is 1.12 bits per heavy atom. The zero-order valence-corrected chi connectivity index (χ0v) is 19.6. The van der Waals surface area contributed by atoms with Gasteiger partial charge in [0.25, 0.3) is 0 Å². The maximum Gasteiger partial charge on any atom is 0.229 e. The molecule has 1 aliphatic rings. The highest BCUT2D eigenvalue weighted by Crippen LogP contribution is 2.29. The van der Waals surface area contributed by atoms with Gasteiger partial charge in [-0.3, -0.25) is 9.69 Å². The van der Waals surface area contributed by atoms with Crippen LogP contribution in [0.25, 0.3) is 11.3 Å². The fourth-order valence-corrected chi connectivity index (χ4v) is 5.42. The molecule has 1 fully saturated rings. The van der Waals surface area contributed by atoms with Gasteiger partial charge in [0.15, 0.2) is 0 Å². The lowest BCUT2D eigenvalue weighted by molar-refractivity contribution is -0.115. The monoisotopic (exact) mass is 451 g/mol. The fourth-order valence-electron chi connectivity index (χ4n) is 4.46.